The molecular weight excluding hydrogens is 348 g/mol. The van der Waals surface area contributed by atoms with E-state index in [2.05, 4.69) is 61.9 Å². The second-order valence-corrected chi connectivity index (χ2v) is 10.6. The lowest BCUT2D eigenvalue weighted by Crippen LogP contribution is -2.48. The second-order valence-electron chi connectivity index (χ2n) is 10.6. The quantitative estimate of drug-likeness (QED) is 0.493. The molecule has 0 heterocycles. The minimum atomic E-state index is 0.507. The Morgan fingerprint density at radius 1 is 0.862 bits per heavy atom. The third kappa shape index (κ3) is 3.02. The molecule has 0 aliphatic heterocycles. The van der Waals surface area contributed by atoms with Crippen LogP contribution in [-0.2, 0) is 5.41 Å². The van der Waals surface area contributed by atoms with Crippen molar-refractivity contribution >= 4 is 6.08 Å². The van der Waals surface area contributed by atoms with Gasteiger partial charge in [-0.25, -0.2) is 0 Å². The van der Waals surface area contributed by atoms with Gasteiger partial charge in [-0.1, -0.05) is 67.5 Å². The SMILES string of the molecule is CCCCC1=Cc2c(cccc2-c2ccc(C34CC5CC(CC(C5)C3)C4)cc2)[CH]1. The molecule has 1 radical (unpaired) electrons. The highest BCUT2D eigenvalue weighted by Crippen LogP contribution is 2.60. The maximum atomic E-state index is 2.49. The first kappa shape index (κ1) is 18.0. The van der Waals surface area contributed by atoms with Crippen LogP contribution in [0.2, 0.25) is 0 Å². The number of allylic oxidation sites excluding steroid dienone is 1. The number of hydrogen-bond donors (Lipinski definition) is 0. The Hall–Kier alpha value is -1.82. The van der Waals surface area contributed by atoms with Gasteiger partial charge in [-0.3, -0.25) is 0 Å². The molecule has 2 aromatic carbocycles. The number of unbranched alkanes of at least 4 members (excludes halogenated alkanes) is 1. The van der Waals surface area contributed by atoms with Gasteiger partial charge in [-0.15, -0.1) is 0 Å². The van der Waals surface area contributed by atoms with Crippen LogP contribution in [0.15, 0.2) is 48.0 Å². The summed E-state index contributed by atoms with van der Waals surface area (Å²) in [5.74, 6) is 3.04. The fourth-order valence-electron chi connectivity index (χ4n) is 7.54. The van der Waals surface area contributed by atoms with Crippen molar-refractivity contribution in [3.63, 3.8) is 0 Å². The summed E-state index contributed by atoms with van der Waals surface area (Å²) in [4.78, 5) is 0. The summed E-state index contributed by atoms with van der Waals surface area (Å²) < 4.78 is 0. The molecule has 5 aliphatic carbocycles. The van der Waals surface area contributed by atoms with Gasteiger partial charge in [0.2, 0.25) is 0 Å². The van der Waals surface area contributed by atoms with Gasteiger partial charge < -0.3 is 0 Å². The number of benzene rings is 2. The first-order chi connectivity index (χ1) is 14.2. The number of rotatable bonds is 5. The molecular formula is C29H33. The lowest BCUT2D eigenvalue weighted by Gasteiger charge is -2.57. The third-order valence-electron chi connectivity index (χ3n) is 8.48. The molecule has 5 aliphatic rings. The molecule has 149 valence electrons. The average Bonchev–Trinajstić information content (AvgIpc) is 3.14. The molecule has 29 heavy (non-hydrogen) atoms. The normalized spacial score (nSPS) is 31.8. The summed E-state index contributed by atoms with van der Waals surface area (Å²) >= 11 is 0. The van der Waals surface area contributed by atoms with Crippen LogP contribution in [0.25, 0.3) is 17.2 Å². The molecule has 4 fully saturated rings. The van der Waals surface area contributed by atoms with E-state index >= 15 is 0 Å². The molecule has 0 nitrogen and oxygen atoms in total. The van der Waals surface area contributed by atoms with Crippen LogP contribution in [0.4, 0.5) is 0 Å². The Labute approximate surface area is 176 Å². The standard InChI is InChI=1S/C29H33/c1-2-3-5-20-15-25-6-4-7-27(28(25)16-20)24-8-10-26(11-9-24)29-17-21-12-22(18-29)14-23(13-21)19-29/h4,6-11,15-16,21-23H,2-3,5,12-14,17-19H2,1H3. The predicted octanol–water partition coefficient (Wildman–Crippen LogP) is 7.96. The molecule has 0 spiro atoms. The summed E-state index contributed by atoms with van der Waals surface area (Å²) in [6.07, 6.45) is 17.5. The summed E-state index contributed by atoms with van der Waals surface area (Å²) in [7, 11) is 0. The Morgan fingerprint density at radius 3 is 2.21 bits per heavy atom. The van der Waals surface area contributed by atoms with Crippen LogP contribution in [0.1, 0.15) is 81.4 Å². The molecule has 0 unspecified atom stereocenters. The van der Waals surface area contributed by atoms with Gasteiger partial charge >= 0.3 is 0 Å². The van der Waals surface area contributed by atoms with E-state index < -0.39 is 0 Å². The zero-order chi connectivity index (χ0) is 19.4. The number of hydrogen-bond acceptors (Lipinski definition) is 0. The highest BCUT2D eigenvalue weighted by Gasteiger charge is 2.51. The van der Waals surface area contributed by atoms with Crippen LogP contribution in [0, 0.1) is 24.2 Å². The van der Waals surface area contributed by atoms with Crippen molar-refractivity contribution in [2.24, 2.45) is 17.8 Å². The lowest BCUT2D eigenvalue weighted by molar-refractivity contribution is -0.00518. The first-order valence-electron chi connectivity index (χ1n) is 12.0. The van der Waals surface area contributed by atoms with Gasteiger partial charge in [0, 0.05) is 6.42 Å². The topological polar surface area (TPSA) is 0 Å². The molecule has 4 bridgehead atoms. The molecule has 0 aromatic heterocycles. The minimum absolute atomic E-state index is 0.507. The van der Waals surface area contributed by atoms with E-state index in [-0.39, 0.29) is 0 Å². The van der Waals surface area contributed by atoms with Crippen molar-refractivity contribution in [1.82, 2.24) is 0 Å². The zero-order valence-electron chi connectivity index (χ0n) is 17.8. The van der Waals surface area contributed by atoms with Crippen molar-refractivity contribution in [2.45, 2.75) is 70.1 Å². The molecule has 0 N–H and O–H groups in total. The highest BCUT2D eigenvalue weighted by atomic mass is 14.6. The van der Waals surface area contributed by atoms with Crippen molar-refractivity contribution in [3.8, 4) is 11.1 Å². The maximum Gasteiger partial charge on any atom is 0.0164 e. The van der Waals surface area contributed by atoms with Crippen molar-refractivity contribution < 1.29 is 0 Å². The van der Waals surface area contributed by atoms with Crippen molar-refractivity contribution in [1.29, 1.82) is 0 Å². The summed E-state index contributed by atoms with van der Waals surface area (Å²) in [6, 6.07) is 16.6. The monoisotopic (exact) mass is 381 g/mol. The Kier molecular flexibility index (Phi) is 4.26. The van der Waals surface area contributed by atoms with Gasteiger partial charge in [0.25, 0.3) is 0 Å². The zero-order valence-corrected chi connectivity index (χ0v) is 17.8. The van der Waals surface area contributed by atoms with Crippen LogP contribution >= 0.6 is 0 Å². The first-order valence-corrected chi connectivity index (χ1v) is 12.0. The largest absolute Gasteiger partial charge is 0.0654 e. The van der Waals surface area contributed by atoms with Gasteiger partial charge in [-0.05, 0) is 102 Å². The van der Waals surface area contributed by atoms with E-state index in [0.717, 1.165) is 17.8 Å². The van der Waals surface area contributed by atoms with E-state index in [1.54, 1.807) is 5.56 Å². The molecule has 0 atom stereocenters. The van der Waals surface area contributed by atoms with Crippen molar-refractivity contribution in [2.75, 3.05) is 0 Å². The third-order valence-corrected chi connectivity index (χ3v) is 8.48. The fourth-order valence-corrected chi connectivity index (χ4v) is 7.54. The van der Waals surface area contributed by atoms with Gasteiger partial charge in [0.1, 0.15) is 0 Å². The molecule has 4 saturated carbocycles. The summed E-state index contributed by atoms with van der Waals surface area (Å²) in [6.45, 7) is 2.28. The summed E-state index contributed by atoms with van der Waals surface area (Å²) in [5, 5.41) is 0. The van der Waals surface area contributed by atoms with Gasteiger partial charge in [-0.2, -0.15) is 0 Å². The summed E-state index contributed by atoms with van der Waals surface area (Å²) in [5.41, 5.74) is 9.27. The average molecular weight is 382 g/mol. The van der Waals surface area contributed by atoms with Crippen LogP contribution in [0.5, 0.6) is 0 Å². The molecule has 0 saturated heterocycles. The lowest BCUT2D eigenvalue weighted by atomic mass is 9.48. The van der Waals surface area contributed by atoms with E-state index in [9.17, 15) is 0 Å². The van der Waals surface area contributed by atoms with Crippen molar-refractivity contribution in [3.05, 3.63) is 71.1 Å². The maximum absolute atomic E-state index is 2.49. The smallest absolute Gasteiger partial charge is 0.0164 e. The minimum Gasteiger partial charge on any atom is -0.0654 e. The predicted molar refractivity (Wildman–Crippen MR) is 123 cm³/mol. The van der Waals surface area contributed by atoms with Crippen LogP contribution < -0.4 is 0 Å². The van der Waals surface area contributed by atoms with Gasteiger partial charge in [0.15, 0.2) is 0 Å². The highest BCUT2D eigenvalue weighted by molar-refractivity contribution is 5.83. The molecule has 7 rings (SSSR count). The Balaban J connectivity index is 1.30. The van der Waals surface area contributed by atoms with Crippen LogP contribution in [-0.4, -0.2) is 0 Å². The van der Waals surface area contributed by atoms with E-state index in [4.69, 9.17) is 0 Å². The fraction of sp³-hybridized carbons (Fsp3) is 0.483. The van der Waals surface area contributed by atoms with E-state index in [0.29, 0.717) is 5.41 Å². The van der Waals surface area contributed by atoms with Crippen LogP contribution in [0.3, 0.4) is 0 Å². The van der Waals surface area contributed by atoms with E-state index in [1.165, 1.54) is 85.6 Å². The van der Waals surface area contributed by atoms with Gasteiger partial charge in [0.05, 0.1) is 0 Å². The molecule has 0 heteroatoms. The Bertz CT molecular complexity index is 907. The molecule has 2 aromatic rings. The van der Waals surface area contributed by atoms with E-state index in [1.807, 2.05) is 0 Å². The Morgan fingerprint density at radius 2 is 1.55 bits per heavy atom. The number of fused-ring (bicyclic) bond motifs is 1. The molecule has 0 amide bonds. The second kappa shape index (κ2) is 6.86.